The Morgan fingerprint density at radius 1 is 1.05 bits per heavy atom. The predicted molar refractivity (Wildman–Crippen MR) is 81.9 cm³/mol. The predicted octanol–water partition coefficient (Wildman–Crippen LogP) is 3.79. The van der Waals surface area contributed by atoms with E-state index in [4.69, 9.17) is 5.26 Å². The highest BCUT2D eigenvalue weighted by Crippen LogP contribution is 2.20. The highest BCUT2D eigenvalue weighted by Gasteiger charge is 2.10. The maximum Gasteiger partial charge on any atom is 0.0991 e. The summed E-state index contributed by atoms with van der Waals surface area (Å²) in [6.45, 7) is 5.95. The molecule has 0 fully saturated rings. The van der Waals surface area contributed by atoms with Gasteiger partial charge in [0.05, 0.1) is 28.2 Å². The molecule has 0 aliphatic heterocycles. The molecule has 1 unspecified atom stereocenters. The van der Waals surface area contributed by atoms with Crippen LogP contribution < -0.4 is 0 Å². The Morgan fingerprint density at radius 2 is 1.80 bits per heavy atom. The molecular weight excluding hydrogens is 266 g/mol. The maximum absolute atomic E-state index is 12.5. The summed E-state index contributed by atoms with van der Waals surface area (Å²) in [4.78, 5) is 0.897. The van der Waals surface area contributed by atoms with Gasteiger partial charge in [-0.2, -0.15) is 5.26 Å². The molecule has 0 saturated carbocycles. The monoisotopic (exact) mass is 283 g/mol. The van der Waals surface area contributed by atoms with Crippen LogP contribution >= 0.6 is 0 Å². The molecule has 0 aliphatic rings. The van der Waals surface area contributed by atoms with Crippen molar-refractivity contribution in [3.63, 3.8) is 0 Å². The zero-order valence-corrected chi connectivity index (χ0v) is 12.8. The van der Waals surface area contributed by atoms with Gasteiger partial charge in [-0.15, -0.1) is 0 Å². The van der Waals surface area contributed by atoms with Crippen LogP contribution in [0.1, 0.15) is 27.8 Å². The zero-order valence-electron chi connectivity index (χ0n) is 11.9. The fourth-order valence-electron chi connectivity index (χ4n) is 2.10. The highest BCUT2D eigenvalue weighted by atomic mass is 32.2. The first-order chi connectivity index (χ1) is 9.51. The second-order valence-corrected chi connectivity index (χ2v) is 6.43. The van der Waals surface area contributed by atoms with Crippen molar-refractivity contribution in [2.24, 2.45) is 0 Å². The van der Waals surface area contributed by atoms with Gasteiger partial charge in [-0.05, 0) is 61.2 Å². The van der Waals surface area contributed by atoms with Crippen LogP contribution in [-0.2, 0) is 16.6 Å². The highest BCUT2D eigenvalue weighted by molar-refractivity contribution is 7.84. The molecule has 2 nitrogen and oxygen atoms in total. The number of benzene rings is 2. The fourth-order valence-corrected chi connectivity index (χ4v) is 3.61. The van der Waals surface area contributed by atoms with Crippen molar-refractivity contribution in [3.05, 3.63) is 64.2 Å². The Labute approximate surface area is 122 Å². The molecule has 0 aromatic heterocycles. The van der Waals surface area contributed by atoms with Gasteiger partial charge in [0.2, 0.25) is 0 Å². The summed E-state index contributed by atoms with van der Waals surface area (Å²) in [6.07, 6.45) is 0. The molecule has 1 atom stereocenters. The summed E-state index contributed by atoms with van der Waals surface area (Å²) in [5, 5.41) is 8.87. The van der Waals surface area contributed by atoms with Gasteiger partial charge in [0.1, 0.15) is 0 Å². The summed E-state index contributed by atoms with van der Waals surface area (Å²) in [5.41, 5.74) is 4.87. The van der Waals surface area contributed by atoms with Crippen molar-refractivity contribution < 1.29 is 4.21 Å². The molecule has 20 heavy (non-hydrogen) atoms. The zero-order chi connectivity index (χ0) is 14.7. The third-order valence-corrected chi connectivity index (χ3v) is 4.85. The van der Waals surface area contributed by atoms with Crippen molar-refractivity contribution in [1.29, 1.82) is 5.26 Å². The van der Waals surface area contributed by atoms with Crippen molar-refractivity contribution in [1.82, 2.24) is 0 Å². The van der Waals surface area contributed by atoms with Gasteiger partial charge >= 0.3 is 0 Å². The fraction of sp³-hybridized carbons (Fsp3) is 0.235. The largest absolute Gasteiger partial charge is 0.254 e. The summed E-state index contributed by atoms with van der Waals surface area (Å²) in [7, 11) is -1.06. The molecule has 102 valence electrons. The van der Waals surface area contributed by atoms with Crippen molar-refractivity contribution in [2.45, 2.75) is 31.4 Å². The molecule has 0 heterocycles. The number of hydrogen-bond acceptors (Lipinski definition) is 2. The standard InChI is InChI=1S/C17H17NOS/c1-12-4-5-13(2)17(8-12)20(19)11-16-7-6-15(10-18)9-14(16)3/h4-9H,11H2,1-3H3. The smallest absolute Gasteiger partial charge is 0.0991 e. The minimum atomic E-state index is -1.06. The molecule has 2 aromatic rings. The Morgan fingerprint density at radius 3 is 2.45 bits per heavy atom. The lowest BCUT2D eigenvalue weighted by atomic mass is 10.1. The molecule has 0 amide bonds. The molecule has 3 heteroatoms. The van der Waals surface area contributed by atoms with Crippen LogP contribution in [0.15, 0.2) is 41.3 Å². The van der Waals surface area contributed by atoms with Gasteiger partial charge in [-0.3, -0.25) is 4.21 Å². The molecule has 0 aliphatic carbocycles. The van der Waals surface area contributed by atoms with E-state index in [1.54, 1.807) is 6.07 Å². The van der Waals surface area contributed by atoms with E-state index in [1.807, 2.05) is 51.1 Å². The molecule has 0 radical (unpaired) electrons. The summed E-state index contributed by atoms with van der Waals surface area (Å²) < 4.78 is 12.5. The van der Waals surface area contributed by atoms with E-state index in [1.165, 1.54) is 0 Å². The first kappa shape index (κ1) is 14.5. The SMILES string of the molecule is Cc1ccc(C)c(S(=O)Cc2ccc(C#N)cc2C)c1. The van der Waals surface area contributed by atoms with Crippen LogP contribution in [-0.4, -0.2) is 4.21 Å². The minimum Gasteiger partial charge on any atom is -0.254 e. The third-order valence-electron chi connectivity index (χ3n) is 3.35. The van der Waals surface area contributed by atoms with Gasteiger partial charge in [0, 0.05) is 4.90 Å². The summed E-state index contributed by atoms with van der Waals surface area (Å²) in [6, 6.07) is 13.7. The van der Waals surface area contributed by atoms with E-state index in [0.29, 0.717) is 11.3 Å². The van der Waals surface area contributed by atoms with Crippen LogP contribution in [0.4, 0.5) is 0 Å². The van der Waals surface area contributed by atoms with Crippen LogP contribution in [0.25, 0.3) is 0 Å². The molecule has 2 rings (SSSR count). The second kappa shape index (κ2) is 6.02. The van der Waals surface area contributed by atoms with Crippen molar-refractivity contribution in [3.8, 4) is 6.07 Å². The average molecular weight is 283 g/mol. The van der Waals surface area contributed by atoms with Crippen molar-refractivity contribution in [2.75, 3.05) is 0 Å². The van der Waals surface area contributed by atoms with E-state index < -0.39 is 10.8 Å². The Hall–Kier alpha value is -1.92. The van der Waals surface area contributed by atoms with Gasteiger partial charge in [0.15, 0.2) is 0 Å². The number of aryl methyl sites for hydroxylation is 3. The van der Waals surface area contributed by atoms with Gasteiger partial charge in [-0.1, -0.05) is 18.2 Å². The topological polar surface area (TPSA) is 40.9 Å². The number of hydrogen-bond donors (Lipinski definition) is 0. The van der Waals surface area contributed by atoms with Crippen LogP contribution in [0.5, 0.6) is 0 Å². The Bertz CT molecular complexity index is 713. The third kappa shape index (κ3) is 3.15. The first-order valence-electron chi connectivity index (χ1n) is 6.46. The lowest BCUT2D eigenvalue weighted by Gasteiger charge is -2.09. The lowest BCUT2D eigenvalue weighted by Crippen LogP contribution is -2.01. The molecular formula is C17H17NOS. The van der Waals surface area contributed by atoms with Crippen LogP contribution in [0, 0.1) is 32.1 Å². The number of nitrogens with zero attached hydrogens (tertiary/aromatic N) is 1. The second-order valence-electron chi connectivity index (χ2n) is 5.01. The molecule has 0 bridgehead atoms. The van der Waals surface area contributed by atoms with Crippen LogP contribution in [0.3, 0.4) is 0 Å². The van der Waals surface area contributed by atoms with Gasteiger partial charge < -0.3 is 0 Å². The quantitative estimate of drug-likeness (QED) is 0.860. The lowest BCUT2D eigenvalue weighted by molar-refractivity contribution is 0.682. The minimum absolute atomic E-state index is 0.488. The van der Waals surface area contributed by atoms with E-state index >= 15 is 0 Å². The van der Waals surface area contributed by atoms with Gasteiger partial charge in [-0.25, -0.2) is 0 Å². The number of rotatable bonds is 3. The molecule has 2 aromatic carbocycles. The van der Waals surface area contributed by atoms with E-state index in [0.717, 1.165) is 27.1 Å². The normalized spacial score (nSPS) is 11.9. The number of nitriles is 1. The molecule has 0 N–H and O–H groups in total. The molecule has 0 spiro atoms. The molecule has 0 saturated heterocycles. The summed E-state index contributed by atoms with van der Waals surface area (Å²) in [5.74, 6) is 0.488. The average Bonchev–Trinajstić information content (AvgIpc) is 2.43. The van der Waals surface area contributed by atoms with Gasteiger partial charge in [0.25, 0.3) is 0 Å². The summed E-state index contributed by atoms with van der Waals surface area (Å²) >= 11 is 0. The Balaban J connectivity index is 2.28. The Kier molecular flexibility index (Phi) is 4.36. The van der Waals surface area contributed by atoms with Crippen LogP contribution in [0.2, 0.25) is 0 Å². The van der Waals surface area contributed by atoms with E-state index in [9.17, 15) is 4.21 Å². The first-order valence-corrected chi connectivity index (χ1v) is 7.78. The van der Waals surface area contributed by atoms with Crippen molar-refractivity contribution >= 4 is 10.8 Å². The maximum atomic E-state index is 12.5. The van der Waals surface area contributed by atoms with E-state index in [2.05, 4.69) is 6.07 Å². The van der Waals surface area contributed by atoms with E-state index in [-0.39, 0.29) is 0 Å².